The Morgan fingerprint density at radius 3 is 2.35 bits per heavy atom. The molecule has 0 amide bonds. The molecule has 0 aromatic heterocycles. The number of halogens is 3. The summed E-state index contributed by atoms with van der Waals surface area (Å²) in [6, 6.07) is 7.23. The molecular formula is C21H31F3N2. The van der Waals surface area contributed by atoms with Gasteiger partial charge in [0.05, 0.1) is 5.92 Å². The predicted molar refractivity (Wildman–Crippen MR) is 99.5 cm³/mol. The van der Waals surface area contributed by atoms with Crippen molar-refractivity contribution in [3.8, 4) is 0 Å². The lowest BCUT2D eigenvalue weighted by molar-refractivity contribution is -0.151. The van der Waals surface area contributed by atoms with Gasteiger partial charge < -0.3 is 10.2 Å². The van der Waals surface area contributed by atoms with Crippen LogP contribution in [0.15, 0.2) is 24.3 Å². The number of alkyl halides is 3. The second kappa shape index (κ2) is 8.75. The highest BCUT2D eigenvalue weighted by atomic mass is 19.4. The van der Waals surface area contributed by atoms with Gasteiger partial charge in [0.1, 0.15) is 0 Å². The van der Waals surface area contributed by atoms with E-state index < -0.39 is 12.1 Å². The third-order valence-corrected chi connectivity index (χ3v) is 6.12. The Balaban J connectivity index is 1.52. The maximum Gasteiger partial charge on any atom is 0.395 e. The van der Waals surface area contributed by atoms with E-state index in [9.17, 15) is 13.2 Å². The topological polar surface area (TPSA) is 15.3 Å². The monoisotopic (exact) mass is 368 g/mol. The first-order valence-electron chi connectivity index (χ1n) is 10.1. The second-order valence-electron chi connectivity index (χ2n) is 7.96. The summed E-state index contributed by atoms with van der Waals surface area (Å²) in [5.74, 6) is -0.0915. The van der Waals surface area contributed by atoms with Crippen LogP contribution in [0, 0.1) is 5.92 Å². The smallest absolute Gasteiger partial charge is 0.316 e. The van der Waals surface area contributed by atoms with E-state index in [1.165, 1.54) is 24.9 Å². The molecule has 0 aliphatic carbocycles. The van der Waals surface area contributed by atoms with Crippen LogP contribution in [0.25, 0.3) is 0 Å². The number of nitrogens with one attached hydrogen (secondary N) is 1. The van der Waals surface area contributed by atoms with E-state index in [-0.39, 0.29) is 6.42 Å². The summed E-state index contributed by atoms with van der Waals surface area (Å²) < 4.78 is 39.3. The SMILES string of the molecule is CCC(c1ccc(C2CCN(CC3CCCNC3)CC2)cc1)C(F)(F)F. The maximum atomic E-state index is 13.1. The molecule has 2 heterocycles. The van der Waals surface area contributed by atoms with Gasteiger partial charge in [-0.25, -0.2) is 0 Å². The van der Waals surface area contributed by atoms with Crippen LogP contribution in [0.1, 0.15) is 62.0 Å². The summed E-state index contributed by atoms with van der Waals surface area (Å²) in [5, 5.41) is 3.48. The fraction of sp³-hybridized carbons (Fsp3) is 0.714. The van der Waals surface area contributed by atoms with Gasteiger partial charge in [0.2, 0.25) is 0 Å². The van der Waals surface area contributed by atoms with Crippen LogP contribution in [-0.4, -0.2) is 43.8 Å². The quantitative estimate of drug-likeness (QED) is 0.793. The molecule has 2 saturated heterocycles. The molecule has 146 valence electrons. The number of nitrogens with zero attached hydrogens (tertiary/aromatic N) is 1. The molecule has 5 heteroatoms. The van der Waals surface area contributed by atoms with E-state index in [2.05, 4.69) is 10.2 Å². The highest BCUT2D eigenvalue weighted by molar-refractivity contribution is 5.29. The van der Waals surface area contributed by atoms with Crippen molar-refractivity contribution in [2.45, 2.75) is 57.0 Å². The Morgan fingerprint density at radius 2 is 1.81 bits per heavy atom. The Bertz CT molecular complexity index is 541. The number of piperidine rings is 2. The lowest BCUT2D eigenvalue weighted by Gasteiger charge is -2.35. The van der Waals surface area contributed by atoms with Crippen molar-refractivity contribution in [1.29, 1.82) is 0 Å². The lowest BCUT2D eigenvalue weighted by Crippen LogP contribution is -2.41. The molecule has 3 rings (SSSR count). The van der Waals surface area contributed by atoms with Gasteiger partial charge >= 0.3 is 6.18 Å². The van der Waals surface area contributed by atoms with Crippen molar-refractivity contribution < 1.29 is 13.2 Å². The van der Waals surface area contributed by atoms with Gasteiger partial charge in [-0.3, -0.25) is 0 Å². The molecule has 0 saturated carbocycles. The largest absolute Gasteiger partial charge is 0.395 e. The van der Waals surface area contributed by atoms with E-state index in [4.69, 9.17) is 0 Å². The van der Waals surface area contributed by atoms with E-state index in [1.807, 2.05) is 12.1 Å². The van der Waals surface area contributed by atoms with E-state index in [1.54, 1.807) is 19.1 Å². The Hall–Kier alpha value is -1.07. The predicted octanol–water partition coefficient (Wildman–Crippen LogP) is 4.92. The molecular weight excluding hydrogens is 337 g/mol. The molecule has 1 aromatic rings. The van der Waals surface area contributed by atoms with Crippen LogP contribution in [-0.2, 0) is 0 Å². The third kappa shape index (κ3) is 5.01. The summed E-state index contributed by atoms with van der Waals surface area (Å²) in [4.78, 5) is 2.57. The average Bonchev–Trinajstić information content (AvgIpc) is 2.63. The molecule has 2 unspecified atom stereocenters. The molecule has 2 nitrogen and oxygen atoms in total. The molecule has 0 spiro atoms. The fourth-order valence-electron chi connectivity index (χ4n) is 4.55. The van der Waals surface area contributed by atoms with Crippen molar-refractivity contribution in [3.05, 3.63) is 35.4 Å². The number of hydrogen-bond acceptors (Lipinski definition) is 2. The minimum absolute atomic E-state index is 0.0945. The Morgan fingerprint density at radius 1 is 1.12 bits per heavy atom. The molecule has 2 fully saturated rings. The van der Waals surface area contributed by atoms with Gasteiger partial charge in [0.15, 0.2) is 0 Å². The van der Waals surface area contributed by atoms with Gasteiger partial charge in [0.25, 0.3) is 0 Å². The summed E-state index contributed by atoms with van der Waals surface area (Å²) in [7, 11) is 0. The summed E-state index contributed by atoms with van der Waals surface area (Å²) >= 11 is 0. The molecule has 26 heavy (non-hydrogen) atoms. The van der Waals surface area contributed by atoms with E-state index >= 15 is 0 Å². The first-order chi connectivity index (χ1) is 12.5. The van der Waals surface area contributed by atoms with Crippen LogP contribution in [0.5, 0.6) is 0 Å². The van der Waals surface area contributed by atoms with Crippen LogP contribution in [0.4, 0.5) is 13.2 Å². The van der Waals surface area contributed by atoms with Crippen molar-refractivity contribution in [2.75, 3.05) is 32.7 Å². The number of hydrogen-bond donors (Lipinski definition) is 1. The van der Waals surface area contributed by atoms with Crippen LogP contribution in [0.3, 0.4) is 0 Å². The second-order valence-corrected chi connectivity index (χ2v) is 7.96. The van der Waals surface area contributed by atoms with Crippen LogP contribution < -0.4 is 5.32 Å². The Kier molecular flexibility index (Phi) is 6.62. The summed E-state index contributed by atoms with van der Waals surface area (Å²) in [6.07, 6.45) is 0.759. The highest BCUT2D eigenvalue weighted by Gasteiger charge is 2.39. The van der Waals surface area contributed by atoms with Crippen molar-refractivity contribution in [3.63, 3.8) is 0 Å². The molecule has 2 aliphatic rings. The maximum absolute atomic E-state index is 13.1. The number of likely N-dealkylation sites (tertiary alicyclic amines) is 1. The van der Waals surface area contributed by atoms with Crippen molar-refractivity contribution >= 4 is 0 Å². The molecule has 2 atom stereocenters. The van der Waals surface area contributed by atoms with E-state index in [0.29, 0.717) is 11.5 Å². The zero-order chi connectivity index (χ0) is 18.6. The van der Waals surface area contributed by atoms with Gasteiger partial charge in [-0.1, -0.05) is 31.2 Å². The number of rotatable bonds is 5. The van der Waals surface area contributed by atoms with Gasteiger partial charge in [0, 0.05) is 6.54 Å². The van der Waals surface area contributed by atoms with E-state index in [0.717, 1.165) is 44.9 Å². The first-order valence-corrected chi connectivity index (χ1v) is 10.1. The van der Waals surface area contributed by atoms with Crippen LogP contribution in [0.2, 0.25) is 0 Å². The van der Waals surface area contributed by atoms with Gasteiger partial charge in [-0.05, 0) is 81.2 Å². The highest BCUT2D eigenvalue weighted by Crippen LogP contribution is 2.38. The summed E-state index contributed by atoms with van der Waals surface area (Å²) in [5.41, 5.74) is 1.59. The molecule has 0 bridgehead atoms. The van der Waals surface area contributed by atoms with Gasteiger partial charge in [-0.2, -0.15) is 13.2 Å². The van der Waals surface area contributed by atoms with Gasteiger partial charge in [-0.15, -0.1) is 0 Å². The molecule has 1 N–H and O–H groups in total. The summed E-state index contributed by atoms with van der Waals surface area (Å²) in [6.45, 7) is 7.28. The molecule has 2 aliphatic heterocycles. The normalized spacial score (nSPS) is 24.5. The fourth-order valence-corrected chi connectivity index (χ4v) is 4.55. The first kappa shape index (κ1) is 19.7. The minimum Gasteiger partial charge on any atom is -0.316 e. The number of benzene rings is 1. The zero-order valence-electron chi connectivity index (χ0n) is 15.7. The molecule has 1 aromatic carbocycles. The van der Waals surface area contributed by atoms with Crippen LogP contribution >= 0.6 is 0 Å². The average molecular weight is 368 g/mol. The Labute approximate surface area is 155 Å². The zero-order valence-corrected chi connectivity index (χ0v) is 15.7. The lowest BCUT2D eigenvalue weighted by atomic mass is 9.86. The van der Waals surface area contributed by atoms with Crippen molar-refractivity contribution in [1.82, 2.24) is 10.2 Å². The minimum atomic E-state index is -4.16. The third-order valence-electron chi connectivity index (χ3n) is 6.12. The van der Waals surface area contributed by atoms with Crippen molar-refractivity contribution in [2.24, 2.45) is 5.92 Å². The standard InChI is InChI=1S/C21H31F3N2/c1-2-20(21(22,23)24)19-7-5-17(6-8-19)18-9-12-26(13-10-18)15-16-4-3-11-25-14-16/h5-8,16,18,20,25H,2-4,9-15H2,1H3. The molecule has 0 radical (unpaired) electrons.